The number of likely N-dealkylation sites (tertiary alicyclic amines) is 1. The van der Waals surface area contributed by atoms with Gasteiger partial charge in [0.15, 0.2) is 0 Å². The Morgan fingerprint density at radius 3 is 2.74 bits per heavy atom. The molecule has 3 heteroatoms. The van der Waals surface area contributed by atoms with Crippen LogP contribution in [0, 0.1) is 17.8 Å². The largest absolute Gasteiger partial charge is 0.356 e. The molecule has 0 radical (unpaired) electrons. The van der Waals surface area contributed by atoms with E-state index in [1.165, 1.54) is 11.1 Å². The molecule has 2 fully saturated rings. The number of fused-ring (bicyclic) bond motifs is 1. The summed E-state index contributed by atoms with van der Waals surface area (Å²) in [6.07, 6.45) is 4.23. The monoisotopic (exact) mass is 312 g/mol. The van der Waals surface area contributed by atoms with E-state index in [0.29, 0.717) is 24.2 Å². The molecule has 0 bridgehead atoms. The molecule has 2 saturated heterocycles. The van der Waals surface area contributed by atoms with Gasteiger partial charge in [-0.05, 0) is 35.3 Å². The molecule has 0 unspecified atom stereocenters. The number of carbonyl (C=O) groups excluding carboxylic acids is 1. The molecule has 2 aliphatic heterocycles. The fraction of sp³-hybridized carbons (Fsp3) is 0.550. The molecular formula is C20H28N2O. The molecule has 2 aliphatic rings. The molecule has 23 heavy (non-hydrogen) atoms. The summed E-state index contributed by atoms with van der Waals surface area (Å²) in [5.74, 6) is 2.09. The maximum Gasteiger partial charge on any atom is 0.220 e. The highest BCUT2D eigenvalue weighted by Crippen LogP contribution is 2.30. The van der Waals surface area contributed by atoms with E-state index in [9.17, 15) is 4.79 Å². The third-order valence-corrected chi connectivity index (χ3v) is 5.04. The number of benzene rings is 1. The average molecular weight is 312 g/mol. The Bertz CT molecular complexity index is 564. The molecule has 0 aliphatic carbocycles. The summed E-state index contributed by atoms with van der Waals surface area (Å²) in [5.41, 5.74) is 2.76. The summed E-state index contributed by atoms with van der Waals surface area (Å²) < 4.78 is 0. The van der Waals surface area contributed by atoms with E-state index in [1.807, 2.05) is 0 Å². The first-order chi connectivity index (χ1) is 11.1. The molecule has 1 amide bonds. The normalized spacial score (nSPS) is 25.5. The first-order valence-electron chi connectivity index (χ1n) is 8.85. The first-order valence-corrected chi connectivity index (χ1v) is 8.85. The minimum absolute atomic E-state index is 0.228. The minimum Gasteiger partial charge on any atom is -0.356 e. The van der Waals surface area contributed by atoms with E-state index in [-0.39, 0.29) is 5.91 Å². The van der Waals surface area contributed by atoms with E-state index >= 15 is 0 Å². The Kier molecular flexibility index (Phi) is 5.16. The minimum atomic E-state index is 0.228. The molecule has 0 spiro atoms. The number of nitrogens with zero attached hydrogens (tertiary/aromatic N) is 1. The van der Waals surface area contributed by atoms with Gasteiger partial charge in [0.2, 0.25) is 5.91 Å². The van der Waals surface area contributed by atoms with Gasteiger partial charge in [-0.25, -0.2) is 0 Å². The maximum absolute atomic E-state index is 11.6. The van der Waals surface area contributed by atoms with E-state index in [4.69, 9.17) is 0 Å². The number of hydrogen-bond acceptors (Lipinski definition) is 2. The van der Waals surface area contributed by atoms with Crippen molar-refractivity contribution in [2.75, 3.05) is 26.2 Å². The second kappa shape index (κ2) is 7.31. The van der Waals surface area contributed by atoms with Crippen molar-refractivity contribution in [3.8, 4) is 0 Å². The van der Waals surface area contributed by atoms with Crippen LogP contribution in [-0.4, -0.2) is 37.0 Å². The number of amides is 1. The van der Waals surface area contributed by atoms with E-state index in [0.717, 1.165) is 32.6 Å². The first kappa shape index (κ1) is 16.3. The number of nitrogens with one attached hydrogen (secondary N) is 1. The Labute approximate surface area is 139 Å². The maximum atomic E-state index is 11.6. The van der Waals surface area contributed by atoms with Gasteiger partial charge < -0.3 is 5.32 Å². The van der Waals surface area contributed by atoms with Crippen molar-refractivity contribution >= 4 is 11.5 Å². The van der Waals surface area contributed by atoms with Crippen LogP contribution in [0.4, 0.5) is 0 Å². The Balaban J connectivity index is 1.69. The van der Waals surface area contributed by atoms with Crippen molar-refractivity contribution in [1.29, 1.82) is 0 Å². The molecular weight excluding hydrogens is 284 g/mol. The predicted octanol–water partition coefficient (Wildman–Crippen LogP) is 3.18. The van der Waals surface area contributed by atoms with Gasteiger partial charge in [0.25, 0.3) is 0 Å². The SMILES string of the molecule is CC(C)C/C=C(\CN1C[C@H]2CC(=O)NC[C@H]2C1)c1ccccc1. The highest BCUT2D eigenvalue weighted by atomic mass is 16.1. The van der Waals surface area contributed by atoms with Crippen molar-refractivity contribution < 1.29 is 4.79 Å². The van der Waals surface area contributed by atoms with E-state index < -0.39 is 0 Å². The standard InChI is InChI=1S/C20H28N2O/c1-15(2)8-9-17(16-6-4-3-5-7-16)12-22-13-18-10-20(23)21-11-19(18)14-22/h3-7,9,15,18-19H,8,10-14H2,1-2H3,(H,21,23)/b17-9+/t18-,19+/m1/s1. The van der Waals surface area contributed by atoms with Gasteiger partial charge in [-0.2, -0.15) is 0 Å². The van der Waals surface area contributed by atoms with Crippen LogP contribution in [-0.2, 0) is 4.79 Å². The second-order valence-corrected chi connectivity index (χ2v) is 7.45. The van der Waals surface area contributed by atoms with Crippen molar-refractivity contribution in [1.82, 2.24) is 10.2 Å². The lowest BCUT2D eigenvalue weighted by Crippen LogP contribution is -2.39. The van der Waals surface area contributed by atoms with Crippen LogP contribution in [0.2, 0.25) is 0 Å². The topological polar surface area (TPSA) is 32.3 Å². The van der Waals surface area contributed by atoms with E-state index in [2.05, 4.69) is 60.5 Å². The number of rotatable bonds is 5. The third-order valence-electron chi connectivity index (χ3n) is 5.04. The molecule has 0 aromatic heterocycles. The zero-order valence-corrected chi connectivity index (χ0v) is 14.3. The fourth-order valence-electron chi connectivity index (χ4n) is 3.73. The molecule has 0 saturated carbocycles. The van der Waals surface area contributed by atoms with Crippen molar-refractivity contribution in [3.05, 3.63) is 42.0 Å². The molecule has 3 nitrogen and oxygen atoms in total. The van der Waals surface area contributed by atoms with Crippen molar-refractivity contribution in [2.45, 2.75) is 26.7 Å². The predicted molar refractivity (Wildman–Crippen MR) is 94.9 cm³/mol. The Hall–Kier alpha value is -1.61. The molecule has 1 aromatic rings. The summed E-state index contributed by atoms with van der Waals surface area (Å²) in [5, 5.41) is 3.02. The Morgan fingerprint density at radius 1 is 1.26 bits per heavy atom. The molecule has 3 rings (SSSR count). The zero-order valence-electron chi connectivity index (χ0n) is 14.3. The van der Waals surface area contributed by atoms with Gasteiger partial charge >= 0.3 is 0 Å². The molecule has 2 heterocycles. The van der Waals surface area contributed by atoms with Gasteiger partial charge in [0, 0.05) is 32.6 Å². The number of allylic oxidation sites excluding steroid dienone is 1. The summed E-state index contributed by atoms with van der Waals surface area (Å²) in [6, 6.07) is 10.7. The zero-order chi connectivity index (χ0) is 16.2. The second-order valence-electron chi connectivity index (χ2n) is 7.45. The van der Waals surface area contributed by atoms with Gasteiger partial charge in [-0.3, -0.25) is 9.69 Å². The van der Waals surface area contributed by atoms with Crippen LogP contribution in [0.5, 0.6) is 0 Å². The van der Waals surface area contributed by atoms with Gasteiger partial charge in [0.05, 0.1) is 0 Å². The van der Waals surface area contributed by atoms with Crippen LogP contribution in [0.3, 0.4) is 0 Å². The average Bonchev–Trinajstić information content (AvgIpc) is 2.93. The number of hydrogen-bond donors (Lipinski definition) is 1. The fourth-order valence-corrected chi connectivity index (χ4v) is 3.73. The quantitative estimate of drug-likeness (QED) is 0.905. The van der Waals surface area contributed by atoms with Gasteiger partial charge in [-0.15, -0.1) is 0 Å². The summed E-state index contributed by atoms with van der Waals surface area (Å²) in [4.78, 5) is 14.1. The smallest absolute Gasteiger partial charge is 0.220 e. The molecule has 2 atom stereocenters. The van der Waals surface area contributed by atoms with Crippen LogP contribution >= 0.6 is 0 Å². The summed E-state index contributed by atoms with van der Waals surface area (Å²) >= 11 is 0. The number of piperidine rings is 1. The Morgan fingerprint density at radius 2 is 2.00 bits per heavy atom. The van der Waals surface area contributed by atoms with Gasteiger partial charge in [0.1, 0.15) is 0 Å². The lowest BCUT2D eigenvalue weighted by atomic mass is 9.89. The highest BCUT2D eigenvalue weighted by Gasteiger charge is 2.37. The summed E-state index contributed by atoms with van der Waals surface area (Å²) in [6.45, 7) is 8.55. The number of carbonyl (C=O) groups is 1. The molecule has 124 valence electrons. The van der Waals surface area contributed by atoms with E-state index in [1.54, 1.807) is 0 Å². The van der Waals surface area contributed by atoms with Crippen LogP contribution in [0.1, 0.15) is 32.3 Å². The van der Waals surface area contributed by atoms with Gasteiger partial charge in [-0.1, -0.05) is 50.3 Å². The molecule has 1 N–H and O–H groups in total. The van der Waals surface area contributed by atoms with Crippen molar-refractivity contribution in [3.63, 3.8) is 0 Å². The van der Waals surface area contributed by atoms with Crippen LogP contribution in [0.15, 0.2) is 36.4 Å². The molecule has 1 aromatic carbocycles. The third kappa shape index (κ3) is 4.23. The van der Waals surface area contributed by atoms with Crippen LogP contribution in [0.25, 0.3) is 5.57 Å². The van der Waals surface area contributed by atoms with Crippen molar-refractivity contribution in [2.24, 2.45) is 17.8 Å². The lowest BCUT2D eigenvalue weighted by molar-refractivity contribution is -0.124. The lowest BCUT2D eigenvalue weighted by Gasteiger charge is -2.23. The van der Waals surface area contributed by atoms with Crippen LogP contribution < -0.4 is 5.32 Å². The summed E-state index contributed by atoms with van der Waals surface area (Å²) in [7, 11) is 0. The highest BCUT2D eigenvalue weighted by molar-refractivity contribution is 5.77.